The second-order valence-corrected chi connectivity index (χ2v) is 6.22. The van der Waals surface area contributed by atoms with Crippen LogP contribution in [0.1, 0.15) is 12.5 Å². The van der Waals surface area contributed by atoms with Crippen molar-refractivity contribution >= 4 is 32.1 Å². The molecule has 0 fully saturated rings. The molecule has 3 rings (SSSR count). The van der Waals surface area contributed by atoms with Gasteiger partial charge in [-0.2, -0.15) is 0 Å². The lowest BCUT2D eigenvalue weighted by atomic mass is 10.1. The second kappa shape index (κ2) is 7.94. The third kappa shape index (κ3) is 3.93. The van der Waals surface area contributed by atoms with E-state index in [1.54, 1.807) is 0 Å². The van der Waals surface area contributed by atoms with E-state index in [9.17, 15) is 0 Å². The molecule has 0 N–H and O–H groups in total. The van der Waals surface area contributed by atoms with Crippen molar-refractivity contribution in [3.63, 3.8) is 0 Å². The third-order valence-electron chi connectivity index (χ3n) is 3.91. The van der Waals surface area contributed by atoms with Crippen LogP contribution in [0.2, 0.25) is 0 Å². The molecule has 0 amide bonds. The number of hydrogen-bond acceptors (Lipinski definition) is 3. The first-order valence-corrected chi connectivity index (χ1v) is 8.48. The van der Waals surface area contributed by atoms with Crippen LogP contribution in [0.3, 0.4) is 0 Å². The summed E-state index contributed by atoms with van der Waals surface area (Å²) < 4.78 is 2.12. The molecule has 4 heteroatoms. The zero-order valence-electron chi connectivity index (χ0n) is 13.7. The quantitative estimate of drug-likeness (QED) is 0.358. The molecule has 0 spiro atoms. The maximum Gasteiger partial charge on any atom is 0.142 e. The number of anilines is 1. The van der Waals surface area contributed by atoms with Crippen LogP contribution in [0.5, 0.6) is 0 Å². The smallest absolute Gasteiger partial charge is 0.142 e. The van der Waals surface area contributed by atoms with Gasteiger partial charge in [0.1, 0.15) is 6.61 Å². The molecule has 3 aromatic rings. The molecule has 1 unspecified atom stereocenters. The first kappa shape index (κ1) is 16.5. The normalized spacial score (nSPS) is 12.4. The first-order chi connectivity index (χ1) is 11.8. The van der Waals surface area contributed by atoms with E-state index in [0.717, 1.165) is 11.3 Å². The monoisotopic (exact) mass is 336 g/mol. The van der Waals surface area contributed by atoms with Crippen molar-refractivity contribution in [1.82, 2.24) is 0 Å². The Hall–Kier alpha value is -2.38. The Kier molecular flexibility index (Phi) is 5.45. The van der Waals surface area contributed by atoms with Gasteiger partial charge < -0.3 is 9.51 Å². The zero-order valence-corrected chi connectivity index (χ0v) is 14.8. The zero-order chi connectivity index (χ0) is 16.8. The molecule has 0 aliphatic carbocycles. The summed E-state index contributed by atoms with van der Waals surface area (Å²) in [5.41, 5.74) is 2.26. The fourth-order valence-electron chi connectivity index (χ4n) is 2.54. The van der Waals surface area contributed by atoms with Crippen LogP contribution < -0.4 is 4.67 Å². The molecule has 0 aliphatic rings. The van der Waals surface area contributed by atoms with E-state index in [0.29, 0.717) is 6.61 Å². The summed E-state index contributed by atoms with van der Waals surface area (Å²) >= 11 is 0. The molecule has 0 saturated carbocycles. The number of fused-ring (bicyclic) bond motifs is 1. The van der Waals surface area contributed by atoms with Gasteiger partial charge in [0.2, 0.25) is 0 Å². The van der Waals surface area contributed by atoms with Crippen molar-refractivity contribution in [3.05, 3.63) is 78.4 Å². The Morgan fingerprint density at radius 2 is 1.71 bits per heavy atom. The van der Waals surface area contributed by atoms with Gasteiger partial charge in [-0.3, -0.25) is 0 Å². The lowest BCUT2D eigenvalue weighted by Gasteiger charge is -2.24. The minimum Gasteiger partial charge on any atom is -0.391 e. The van der Waals surface area contributed by atoms with Crippen LogP contribution in [0, 0.1) is 0 Å². The van der Waals surface area contributed by atoms with Crippen molar-refractivity contribution in [3.8, 4) is 0 Å². The van der Waals surface area contributed by atoms with Gasteiger partial charge in [-0.1, -0.05) is 71.9 Å². The summed E-state index contributed by atoms with van der Waals surface area (Å²) in [4.78, 5) is 5.40. The summed E-state index contributed by atoms with van der Waals surface area (Å²) in [6.45, 7) is 2.57. The Morgan fingerprint density at radius 1 is 1.00 bits per heavy atom. The molecule has 3 nitrogen and oxygen atoms in total. The van der Waals surface area contributed by atoms with Gasteiger partial charge in [-0.05, 0) is 33.3 Å². The molecule has 0 aliphatic heterocycles. The summed E-state index contributed by atoms with van der Waals surface area (Å²) in [5, 5.41) is 6.56. The summed E-state index contributed by atoms with van der Waals surface area (Å²) in [5.74, 6) is 0. The van der Waals surface area contributed by atoms with E-state index in [4.69, 9.17) is 4.84 Å². The highest BCUT2D eigenvalue weighted by Crippen LogP contribution is 2.30. The second-order valence-electron chi connectivity index (χ2n) is 5.66. The lowest BCUT2D eigenvalue weighted by Crippen LogP contribution is -2.24. The van der Waals surface area contributed by atoms with Crippen molar-refractivity contribution in [2.45, 2.75) is 19.6 Å². The summed E-state index contributed by atoms with van der Waals surface area (Å²) in [6, 6.07) is 24.8. The van der Waals surface area contributed by atoms with Gasteiger partial charge in [-0.15, -0.1) is 0 Å². The Labute approximate surface area is 145 Å². The van der Waals surface area contributed by atoms with Crippen molar-refractivity contribution < 1.29 is 4.84 Å². The fraction of sp³-hybridized carbons (Fsp3) is 0.150. The van der Waals surface area contributed by atoms with Crippen molar-refractivity contribution in [2.24, 2.45) is 5.16 Å². The van der Waals surface area contributed by atoms with Crippen molar-refractivity contribution in [1.29, 1.82) is 0 Å². The summed E-state index contributed by atoms with van der Waals surface area (Å²) in [7, 11) is 2.78. The highest BCUT2D eigenvalue weighted by molar-refractivity contribution is 7.19. The average molecular weight is 336 g/mol. The van der Waals surface area contributed by atoms with Gasteiger partial charge in [0.05, 0.1) is 12.3 Å². The maximum absolute atomic E-state index is 5.40. The predicted molar refractivity (Wildman–Crippen MR) is 105 cm³/mol. The standard InChI is InChI=1S/C20H21N2OP/c1-16(14-21-23-15-17-8-3-2-4-9-17)22(24)20-13-7-11-18-10-5-6-12-19(18)20/h2-14,16H,15,24H2,1H3/b21-14+/t16-/m0/s1. The van der Waals surface area contributed by atoms with Crippen LogP contribution in [-0.4, -0.2) is 12.3 Å². The molecule has 0 bridgehead atoms. The number of benzene rings is 3. The molecular formula is C20H21N2OP. The average Bonchev–Trinajstić information content (AvgIpc) is 2.65. The van der Waals surface area contributed by atoms with E-state index in [2.05, 4.69) is 68.6 Å². The Morgan fingerprint density at radius 3 is 2.54 bits per heavy atom. The van der Waals surface area contributed by atoms with Gasteiger partial charge in [0.15, 0.2) is 0 Å². The SMILES string of the molecule is C[C@@H](/C=N/OCc1ccccc1)N(P)c1cccc2ccccc12. The number of rotatable bonds is 6. The van der Waals surface area contributed by atoms with E-state index >= 15 is 0 Å². The van der Waals surface area contributed by atoms with Crippen LogP contribution >= 0.6 is 9.39 Å². The van der Waals surface area contributed by atoms with Gasteiger partial charge in [0, 0.05) is 11.1 Å². The van der Waals surface area contributed by atoms with E-state index in [-0.39, 0.29) is 6.04 Å². The largest absolute Gasteiger partial charge is 0.391 e. The van der Waals surface area contributed by atoms with Crippen LogP contribution in [0.4, 0.5) is 5.69 Å². The van der Waals surface area contributed by atoms with Crippen molar-refractivity contribution in [2.75, 3.05) is 4.67 Å². The first-order valence-electron chi connectivity index (χ1n) is 7.97. The molecule has 24 heavy (non-hydrogen) atoms. The van der Waals surface area contributed by atoms with E-state index in [1.807, 2.05) is 36.5 Å². The maximum atomic E-state index is 5.40. The molecule has 0 radical (unpaired) electrons. The number of hydrogen-bond donors (Lipinski definition) is 0. The topological polar surface area (TPSA) is 24.8 Å². The predicted octanol–water partition coefficient (Wildman–Crippen LogP) is 5.03. The highest BCUT2D eigenvalue weighted by Gasteiger charge is 2.11. The van der Waals surface area contributed by atoms with E-state index in [1.165, 1.54) is 10.8 Å². The molecule has 0 heterocycles. The van der Waals surface area contributed by atoms with Gasteiger partial charge >= 0.3 is 0 Å². The molecule has 0 saturated heterocycles. The van der Waals surface area contributed by atoms with Crippen LogP contribution in [0.15, 0.2) is 78.0 Å². The van der Waals surface area contributed by atoms with E-state index < -0.39 is 0 Å². The molecule has 2 atom stereocenters. The number of nitrogens with zero attached hydrogens (tertiary/aromatic N) is 2. The molecule has 122 valence electrons. The van der Waals surface area contributed by atoms with Gasteiger partial charge in [-0.25, -0.2) is 0 Å². The number of oxime groups is 1. The fourth-order valence-corrected chi connectivity index (χ4v) is 2.84. The minimum atomic E-state index is 0.0941. The third-order valence-corrected chi connectivity index (χ3v) is 4.66. The van der Waals surface area contributed by atoms with Crippen LogP contribution in [0.25, 0.3) is 10.8 Å². The molecular weight excluding hydrogens is 315 g/mol. The molecule has 0 aromatic heterocycles. The summed E-state index contributed by atoms with van der Waals surface area (Å²) in [6.07, 6.45) is 1.82. The highest BCUT2D eigenvalue weighted by atomic mass is 31.0. The Bertz CT molecular complexity index is 815. The molecule has 3 aromatic carbocycles. The lowest BCUT2D eigenvalue weighted by molar-refractivity contribution is 0.131. The van der Waals surface area contributed by atoms with Crippen LogP contribution in [-0.2, 0) is 11.4 Å². The minimum absolute atomic E-state index is 0.0941. The Balaban J connectivity index is 1.65. The van der Waals surface area contributed by atoms with Gasteiger partial charge in [0.25, 0.3) is 0 Å².